The highest BCUT2D eigenvalue weighted by molar-refractivity contribution is 6.34. The summed E-state index contributed by atoms with van der Waals surface area (Å²) in [6.45, 7) is 3.88. The maximum Gasteiger partial charge on any atom is 0.375 e. The first-order valence-electron chi connectivity index (χ1n) is 5.60. The minimum absolute atomic E-state index is 0.0199. The summed E-state index contributed by atoms with van der Waals surface area (Å²) in [4.78, 5) is 22.9. The lowest BCUT2D eigenvalue weighted by atomic mass is 10.1. The quantitative estimate of drug-likeness (QED) is 0.492. The van der Waals surface area contributed by atoms with Crippen molar-refractivity contribution in [3.05, 3.63) is 41.5 Å². The van der Waals surface area contributed by atoms with Crippen molar-refractivity contribution in [3.8, 4) is 5.75 Å². The molecule has 18 heavy (non-hydrogen) atoms. The number of Topliss-reactive ketones (excluding diaryl/α,β-unsaturated/α-hetero) is 1. The van der Waals surface area contributed by atoms with Crippen LogP contribution >= 0.6 is 0 Å². The number of hydrogen-bond donors (Lipinski definition) is 1. The average Bonchev–Trinajstić information content (AvgIpc) is 2.31. The first-order chi connectivity index (χ1) is 8.49. The van der Waals surface area contributed by atoms with Crippen LogP contribution in [-0.4, -0.2) is 23.5 Å². The topological polar surface area (TPSA) is 63.6 Å². The first-order valence-corrected chi connectivity index (χ1v) is 5.60. The van der Waals surface area contributed by atoms with Gasteiger partial charge in [0.1, 0.15) is 12.4 Å². The zero-order valence-electron chi connectivity index (χ0n) is 10.5. The van der Waals surface area contributed by atoms with E-state index in [2.05, 4.69) is 0 Å². The van der Waals surface area contributed by atoms with E-state index in [0.717, 1.165) is 5.57 Å². The lowest BCUT2D eigenvalue weighted by Crippen LogP contribution is -2.19. The minimum Gasteiger partial charge on any atom is -0.508 e. The molecule has 0 bridgehead atoms. The Kier molecular flexibility index (Phi) is 5.11. The van der Waals surface area contributed by atoms with E-state index in [1.165, 1.54) is 12.1 Å². The standard InChI is InChI=1S/C14H16O4/c1-10(2)7-8-18-14(17)13(16)9-11-3-5-12(15)6-4-11/h3-7,15H,8-9H2,1-2H3. The number of esters is 1. The molecule has 0 aliphatic carbocycles. The predicted octanol–water partition coefficient (Wildman–Crippen LogP) is 2.01. The Balaban J connectivity index is 2.47. The van der Waals surface area contributed by atoms with Gasteiger partial charge in [-0.2, -0.15) is 0 Å². The van der Waals surface area contributed by atoms with Crippen molar-refractivity contribution in [2.75, 3.05) is 6.61 Å². The molecule has 0 saturated heterocycles. The third kappa shape index (κ3) is 4.82. The highest BCUT2D eigenvalue weighted by atomic mass is 16.5. The molecule has 1 rings (SSSR count). The summed E-state index contributed by atoms with van der Waals surface area (Å²) in [5.41, 5.74) is 1.69. The van der Waals surface area contributed by atoms with Crippen molar-refractivity contribution in [3.63, 3.8) is 0 Å². The van der Waals surface area contributed by atoms with Crippen molar-refractivity contribution in [2.24, 2.45) is 0 Å². The van der Waals surface area contributed by atoms with E-state index < -0.39 is 11.8 Å². The van der Waals surface area contributed by atoms with Crippen LogP contribution in [0.4, 0.5) is 0 Å². The van der Waals surface area contributed by atoms with E-state index in [0.29, 0.717) is 5.56 Å². The van der Waals surface area contributed by atoms with Gasteiger partial charge in [0, 0.05) is 6.42 Å². The second-order valence-electron chi connectivity index (χ2n) is 4.15. The molecule has 1 N–H and O–H groups in total. The molecule has 0 radical (unpaired) electrons. The molecule has 1 aromatic rings. The van der Waals surface area contributed by atoms with Crippen molar-refractivity contribution < 1.29 is 19.4 Å². The van der Waals surface area contributed by atoms with E-state index in [1.54, 1.807) is 18.2 Å². The molecule has 0 aliphatic rings. The SMILES string of the molecule is CC(C)=CCOC(=O)C(=O)Cc1ccc(O)cc1. The van der Waals surface area contributed by atoms with Gasteiger partial charge < -0.3 is 9.84 Å². The minimum atomic E-state index is -0.833. The van der Waals surface area contributed by atoms with Crippen LogP contribution in [0.3, 0.4) is 0 Å². The fraction of sp³-hybridized carbons (Fsp3) is 0.286. The third-order valence-corrected chi connectivity index (χ3v) is 2.23. The highest BCUT2D eigenvalue weighted by Gasteiger charge is 2.15. The number of carbonyl (C=O) groups excluding carboxylic acids is 2. The van der Waals surface area contributed by atoms with Crippen molar-refractivity contribution in [2.45, 2.75) is 20.3 Å². The number of allylic oxidation sites excluding steroid dienone is 1. The summed E-state index contributed by atoms with van der Waals surface area (Å²) in [5.74, 6) is -1.30. The van der Waals surface area contributed by atoms with E-state index >= 15 is 0 Å². The van der Waals surface area contributed by atoms with Gasteiger partial charge in [0.2, 0.25) is 5.78 Å². The van der Waals surface area contributed by atoms with Gasteiger partial charge in [0.25, 0.3) is 0 Å². The van der Waals surface area contributed by atoms with Crippen LogP contribution in [0.1, 0.15) is 19.4 Å². The number of benzene rings is 1. The normalized spacial score (nSPS) is 9.67. The molecule has 96 valence electrons. The predicted molar refractivity (Wildman–Crippen MR) is 67.2 cm³/mol. The lowest BCUT2D eigenvalue weighted by Gasteiger charge is -2.02. The summed E-state index contributed by atoms with van der Waals surface area (Å²) in [6, 6.07) is 6.13. The molecule has 0 fully saturated rings. The first kappa shape index (κ1) is 14.0. The smallest absolute Gasteiger partial charge is 0.375 e. The number of ether oxygens (including phenoxy) is 1. The number of aromatic hydroxyl groups is 1. The average molecular weight is 248 g/mol. The van der Waals surface area contributed by atoms with Crippen LogP contribution in [0.25, 0.3) is 0 Å². The molecular weight excluding hydrogens is 232 g/mol. The summed E-state index contributed by atoms with van der Waals surface area (Å²) in [7, 11) is 0. The second kappa shape index (κ2) is 6.59. The van der Waals surface area contributed by atoms with Gasteiger partial charge in [-0.25, -0.2) is 4.79 Å². The molecule has 1 aromatic carbocycles. The highest BCUT2D eigenvalue weighted by Crippen LogP contribution is 2.10. The van der Waals surface area contributed by atoms with E-state index in [-0.39, 0.29) is 18.8 Å². The van der Waals surface area contributed by atoms with Crippen LogP contribution in [-0.2, 0) is 20.7 Å². The molecular formula is C14H16O4. The molecule has 0 heterocycles. The van der Waals surface area contributed by atoms with E-state index in [9.17, 15) is 9.59 Å². The number of rotatable bonds is 5. The molecule has 0 unspecified atom stereocenters. The molecule has 0 saturated carbocycles. The summed E-state index contributed by atoms with van der Waals surface area (Å²) in [5, 5.41) is 9.09. The van der Waals surface area contributed by atoms with E-state index in [1.807, 2.05) is 13.8 Å². The van der Waals surface area contributed by atoms with Crippen LogP contribution in [0, 0.1) is 0 Å². The fourth-order valence-corrected chi connectivity index (χ4v) is 1.24. The molecule has 0 aromatic heterocycles. The zero-order chi connectivity index (χ0) is 13.5. The number of phenols is 1. The molecule has 0 amide bonds. The second-order valence-corrected chi connectivity index (χ2v) is 4.15. The fourth-order valence-electron chi connectivity index (χ4n) is 1.24. The summed E-state index contributed by atoms with van der Waals surface area (Å²) in [6.07, 6.45) is 1.71. The third-order valence-electron chi connectivity index (χ3n) is 2.23. The Bertz CT molecular complexity index is 453. The summed E-state index contributed by atoms with van der Waals surface area (Å²) < 4.78 is 4.80. The molecule has 0 aliphatic heterocycles. The maximum atomic E-state index is 11.5. The van der Waals surface area contributed by atoms with Gasteiger partial charge in [0.05, 0.1) is 0 Å². The van der Waals surface area contributed by atoms with Crippen molar-refractivity contribution in [1.82, 2.24) is 0 Å². The number of phenolic OH excluding ortho intramolecular Hbond substituents is 1. The lowest BCUT2D eigenvalue weighted by molar-refractivity contribution is -0.152. The zero-order valence-corrected chi connectivity index (χ0v) is 10.5. The van der Waals surface area contributed by atoms with Gasteiger partial charge >= 0.3 is 5.97 Å². The van der Waals surface area contributed by atoms with Crippen LogP contribution in [0.15, 0.2) is 35.9 Å². The van der Waals surface area contributed by atoms with Gasteiger partial charge in [-0.1, -0.05) is 17.7 Å². The molecule has 4 nitrogen and oxygen atoms in total. The molecule has 0 atom stereocenters. The van der Waals surface area contributed by atoms with Crippen LogP contribution < -0.4 is 0 Å². The van der Waals surface area contributed by atoms with Gasteiger partial charge in [-0.05, 0) is 37.6 Å². The number of carbonyl (C=O) groups is 2. The largest absolute Gasteiger partial charge is 0.508 e. The Morgan fingerprint density at radius 2 is 1.83 bits per heavy atom. The Morgan fingerprint density at radius 1 is 1.22 bits per heavy atom. The van der Waals surface area contributed by atoms with Gasteiger partial charge in [-0.15, -0.1) is 0 Å². The Labute approximate surface area is 106 Å². The van der Waals surface area contributed by atoms with Crippen molar-refractivity contribution >= 4 is 11.8 Å². The monoisotopic (exact) mass is 248 g/mol. The van der Waals surface area contributed by atoms with Crippen molar-refractivity contribution in [1.29, 1.82) is 0 Å². The Morgan fingerprint density at radius 3 is 2.39 bits per heavy atom. The molecule has 0 spiro atoms. The maximum absolute atomic E-state index is 11.5. The van der Waals surface area contributed by atoms with Gasteiger partial charge in [-0.3, -0.25) is 4.79 Å². The van der Waals surface area contributed by atoms with E-state index in [4.69, 9.17) is 9.84 Å². The van der Waals surface area contributed by atoms with Gasteiger partial charge in [0.15, 0.2) is 0 Å². The summed E-state index contributed by atoms with van der Waals surface area (Å²) >= 11 is 0. The number of hydrogen-bond acceptors (Lipinski definition) is 4. The Hall–Kier alpha value is -2.10. The molecule has 4 heteroatoms. The van der Waals surface area contributed by atoms with Crippen LogP contribution in [0.5, 0.6) is 5.75 Å². The number of ketones is 1. The van der Waals surface area contributed by atoms with Crippen LogP contribution in [0.2, 0.25) is 0 Å².